The molecule has 3 rings (SSSR count). The summed E-state index contributed by atoms with van der Waals surface area (Å²) in [5, 5.41) is 18.6. The van der Waals surface area contributed by atoms with Crippen LogP contribution in [0.4, 0.5) is 0 Å². The van der Waals surface area contributed by atoms with Crippen LogP contribution in [0, 0.1) is 6.92 Å². The van der Waals surface area contributed by atoms with E-state index in [1.807, 2.05) is 19.1 Å². The number of methoxy groups -OCH3 is 1. The zero-order valence-electron chi connectivity index (χ0n) is 16.7. The number of thioether (sulfide) groups is 1. The number of carboxylic acids is 1. The first kappa shape index (κ1) is 22.0. The van der Waals surface area contributed by atoms with Gasteiger partial charge in [0.05, 0.1) is 25.3 Å². The van der Waals surface area contributed by atoms with E-state index in [4.69, 9.17) is 14.6 Å². The zero-order chi connectivity index (χ0) is 22.4. The number of hydrogen-bond acceptors (Lipinski definition) is 8. The highest BCUT2D eigenvalue weighted by Gasteiger charge is 2.32. The number of hydrogen-bond donors (Lipinski definition) is 2. The van der Waals surface area contributed by atoms with E-state index in [1.165, 1.54) is 13.3 Å². The van der Waals surface area contributed by atoms with Crippen molar-refractivity contribution in [2.75, 3.05) is 7.11 Å². The minimum Gasteiger partial charge on any atom is -0.493 e. The fourth-order valence-electron chi connectivity index (χ4n) is 2.59. The summed E-state index contributed by atoms with van der Waals surface area (Å²) < 4.78 is 10.7. The number of nitrogens with one attached hydrogen (secondary N) is 1. The standard InChI is InChI=1S/C21H19N3O6S/c1-12-3-6-14(7-4-12)20(28)30-15-8-5-13(9-16(15)29-2)11-22-24-21-23-19(27)17(31-21)10-18(25)26/h3-9,11,17H,10H2,1-2H3,(H,25,26)(H,23,24,27). The number of esters is 1. The van der Waals surface area contributed by atoms with Crippen molar-refractivity contribution in [1.82, 2.24) is 5.32 Å². The Balaban J connectivity index is 1.67. The van der Waals surface area contributed by atoms with Gasteiger partial charge in [0, 0.05) is 0 Å². The topological polar surface area (TPSA) is 127 Å². The summed E-state index contributed by atoms with van der Waals surface area (Å²) in [6.45, 7) is 1.93. The first-order valence-corrected chi connectivity index (χ1v) is 10.0. The highest BCUT2D eigenvalue weighted by atomic mass is 32.2. The average molecular weight is 441 g/mol. The minimum atomic E-state index is -1.06. The van der Waals surface area contributed by atoms with Gasteiger partial charge in [-0.2, -0.15) is 5.10 Å². The number of carbonyl (C=O) groups is 3. The number of carboxylic acid groups (broad SMARTS) is 1. The van der Waals surface area contributed by atoms with Gasteiger partial charge in [0.15, 0.2) is 16.7 Å². The molecule has 1 atom stereocenters. The quantitative estimate of drug-likeness (QED) is 0.293. The predicted molar refractivity (Wildman–Crippen MR) is 116 cm³/mol. The SMILES string of the molecule is COc1cc(C=NN=C2NC(=O)C(CC(=O)O)S2)ccc1OC(=O)c1ccc(C)cc1. The van der Waals surface area contributed by atoms with E-state index >= 15 is 0 Å². The summed E-state index contributed by atoms with van der Waals surface area (Å²) >= 11 is 1.01. The average Bonchev–Trinajstić information content (AvgIpc) is 3.07. The monoisotopic (exact) mass is 441 g/mol. The second-order valence-corrected chi connectivity index (χ2v) is 7.70. The molecule has 0 saturated carbocycles. The summed E-state index contributed by atoms with van der Waals surface area (Å²) in [6, 6.07) is 11.9. The summed E-state index contributed by atoms with van der Waals surface area (Å²) in [7, 11) is 1.45. The van der Waals surface area contributed by atoms with Gasteiger partial charge in [-0.05, 0) is 42.8 Å². The van der Waals surface area contributed by atoms with Gasteiger partial charge >= 0.3 is 11.9 Å². The summed E-state index contributed by atoms with van der Waals surface area (Å²) in [5.41, 5.74) is 2.08. The van der Waals surface area contributed by atoms with Gasteiger partial charge in [-0.3, -0.25) is 9.59 Å². The van der Waals surface area contributed by atoms with E-state index in [2.05, 4.69) is 15.5 Å². The number of amidine groups is 1. The first-order valence-electron chi connectivity index (χ1n) is 9.13. The Hall–Kier alpha value is -3.66. The summed E-state index contributed by atoms with van der Waals surface area (Å²) in [4.78, 5) is 34.8. The third kappa shape index (κ3) is 5.92. The molecule has 0 aromatic heterocycles. The van der Waals surface area contributed by atoms with Crippen molar-refractivity contribution in [3.05, 3.63) is 59.2 Å². The van der Waals surface area contributed by atoms with Crippen molar-refractivity contribution in [2.45, 2.75) is 18.6 Å². The van der Waals surface area contributed by atoms with Crippen molar-refractivity contribution in [3.8, 4) is 11.5 Å². The minimum absolute atomic E-state index is 0.225. The molecular weight excluding hydrogens is 422 g/mol. The van der Waals surface area contributed by atoms with Crippen LogP contribution in [-0.4, -0.2) is 46.7 Å². The molecule has 1 heterocycles. The number of rotatable bonds is 7. The van der Waals surface area contributed by atoms with Gasteiger partial charge in [0.1, 0.15) is 5.25 Å². The summed E-state index contributed by atoms with van der Waals surface area (Å²) in [5.74, 6) is -1.39. The Bertz CT molecular complexity index is 1070. The highest BCUT2D eigenvalue weighted by molar-refractivity contribution is 8.15. The van der Waals surface area contributed by atoms with Crippen LogP contribution in [0.3, 0.4) is 0 Å². The molecule has 31 heavy (non-hydrogen) atoms. The normalized spacial score (nSPS) is 17.0. The molecule has 2 N–H and O–H groups in total. The second kappa shape index (κ2) is 9.90. The van der Waals surface area contributed by atoms with Gasteiger partial charge in [0.25, 0.3) is 0 Å². The van der Waals surface area contributed by atoms with E-state index < -0.39 is 23.1 Å². The predicted octanol–water partition coefficient (Wildman–Crippen LogP) is 2.62. The number of carbonyl (C=O) groups excluding carboxylic acids is 2. The van der Waals surface area contributed by atoms with Crippen LogP contribution in [0.15, 0.2) is 52.7 Å². The molecule has 9 nitrogen and oxygen atoms in total. The van der Waals surface area contributed by atoms with Gasteiger partial charge in [-0.1, -0.05) is 29.5 Å². The van der Waals surface area contributed by atoms with Crippen LogP contribution in [-0.2, 0) is 9.59 Å². The largest absolute Gasteiger partial charge is 0.493 e. The fraction of sp³-hybridized carbons (Fsp3) is 0.190. The van der Waals surface area contributed by atoms with Gasteiger partial charge in [-0.25, -0.2) is 4.79 Å². The molecular formula is C21H19N3O6S. The van der Waals surface area contributed by atoms with E-state index in [0.717, 1.165) is 17.3 Å². The molecule has 1 saturated heterocycles. The summed E-state index contributed by atoms with van der Waals surface area (Å²) in [6.07, 6.45) is 1.14. The smallest absolute Gasteiger partial charge is 0.343 e. The second-order valence-electron chi connectivity index (χ2n) is 6.51. The van der Waals surface area contributed by atoms with Crippen molar-refractivity contribution in [2.24, 2.45) is 10.2 Å². The molecule has 2 aromatic carbocycles. The molecule has 2 aromatic rings. The molecule has 0 aliphatic carbocycles. The van der Waals surface area contributed by atoms with Crippen LogP contribution in [0.2, 0.25) is 0 Å². The molecule has 160 valence electrons. The Kier molecular flexibility index (Phi) is 7.03. The van der Waals surface area contributed by atoms with Crippen molar-refractivity contribution >= 4 is 41.0 Å². The number of ether oxygens (including phenoxy) is 2. The van der Waals surface area contributed by atoms with Crippen LogP contribution < -0.4 is 14.8 Å². The van der Waals surface area contributed by atoms with Crippen LogP contribution >= 0.6 is 11.8 Å². The van der Waals surface area contributed by atoms with Crippen molar-refractivity contribution in [1.29, 1.82) is 0 Å². The van der Waals surface area contributed by atoms with Crippen molar-refractivity contribution < 1.29 is 29.0 Å². The van der Waals surface area contributed by atoms with Crippen LogP contribution in [0.1, 0.15) is 27.9 Å². The number of aryl methyl sites for hydroxylation is 1. The molecule has 1 aliphatic heterocycles. The molecule has 0 bridgehead atoms. The van der Waals surface area contributed by atoms with Gasteiger partial charge in [0.2, 0.25) is 5.91 Å². The molecule has 1 unspecified atom stereocenters. The Labute approximate surface area is 182 Å². The number of aliphatic carboxylic acids is 1. The highest BCUT2D eigenvalue weighted by Crippen LogP contribution is 2.28. The van der Waals surface area contributed by atoms with E-state index in [1.54, 1.807) is 30.3 Å². The number of nitrogens with zero attached hydrogens (tertiary/aromatic N) is 2. The third-order valence-corrected chi connectivity index (χ3v) is 5.24. The Morgan fingerprint density at radius 2 is 1.94 bits per heavy atom. The first-order chi connectivity index (χ1) is 14.9. The Morgan fingerprint density at radius 3 is 2.61 bits per heavy atom. The van der Waals surface area contributed by atoms with Crippen molar-refractivity contribution in [3.63, 3.8) is 0 Å². The fourth-order valence-corrected chi connectivity index (χ4v) is 3.51. The maximum atomic E-state index is 12.3. The molecule has 0 radical (unpaired) electrons. The van der Waals surface area contributed by atoms with Crippen LogP contribution in [0.5, 0.6) is 11.5 Å². The van der Waals surface area contributed by atoms with Crippen LogP contribution in [0.25, 0.3) is 0 Å². The maximum absolute atomic E-state index is 12.3. The maximum Gasteiger partial charge on any atom is 0.343 e. The molecule has 1 amide bonds. The van der Waals surface area contributed by atoms with E-state index in [-0.39, 0.29) is 17.3 Å². The van der Waals surface area contributed by atoms with E-state index in [0.29, 0.717) is 16.9 Å². The molecule has 0 spiro atoms. The lowest BCUT2D eigenvalue weighted by Gasteiger charge is -2.10. The molecule has 1 aliphatic rings. The number of benzene rings is 2. The number of amides is 1. The zero-order valence-corrected chi connectivity index (χ0v) is 17.5. The van der Waals surface area contributed by atoms with E-state index in [9.17, 15) is 14.4 Å². The third-order valence-electron chi connectivity index (χ3n) is 4.17. The molecule has 10 heteroatoms. The molecule has 1 fully saturated rings. The lowest BCUT2D eigenvalue weighted by Crippen LogP contribution is -2.26. The van der Waals surface area contributed by atoms with Gasteiger partial charge in [-0.15, -0.1) is 5.10 Å². The van der Waals surface area contributed by atoms with Gasteiger partial charge < -0.3 is 19.9 Å². The lowest BCUT2D eigenvalue weighted by molar-refractivity contribution is -0.138. The lowest BCUT2D eigenvalue weighted by atomic mass is 10.1. The Morgan fingerprint density at radius 1 is 1.19 bits per heavy atom.